The molecule has 0 saturated carbocycles. The summed E-state index contributed by atoms with van der Waals surface area (Å²) >= 11 is 0. The van der Waals surface area contributed by atoms with Crippen LogP contribution in [-0.2, 0) is 0 Å². The maximum absolute atomic E-state index is 8.52. The number of rotatable bonds is 2. The Morgan fingerprint density at radius 2 is 2.57 bits per heavy atom. The molecule has 1 N–H and O–H groups in total. The SMILES string of the molecule is C=C[C@@H](O)CC#N. The Bertz CT molecular complexity index is 92.7. The Hall–Kier alpha value is -0.810. The molecule has 0 radical (unpaired) electrons. The molecule has 0 bridgehead atoms. The third-order valence-corrected chi connectivity index (χ3v) is 0.573. The van der Waals surface area contributed by atoms with Crippen molar-refractivity contribution in [3.05, 3.63) is 12.7 Å². The van der Waals surface area contributed by atoms with Crippen LogP contribution in [-0.4, -0.2) is 11.2 Å². The first-order valence-electron chi connectivity index (χ1n) is 1.99. The maximum Gasteiger partial charge on any atom is 0.0848 e. The van der Waals surface area contributed by atoms with Crippen LogP contribution in [0.15, 0.2) is 12.7 Å². The molecule has 0 aromatic heterocycles. The Labute approximate surface area is 42.7 Å². The maximum atomic E-state index is 8.52. The van der Waals surface area contributed by atoms with Gasteiger partial charge in [0.1, 0.15) is 0 Å². The predicted molar refractivity (Wildman–Crippen MR) is 26.4 cm³/mol. The molecule has 38 valence electrons. The van der Waals surface area contributed by atoms with Crippen molar-refractivity contribution in [2.45, 2.75) is 12.5 Å². The van der Waals surface area contributed by atoms with Gasteiger partial charge >= 0.3 is 0 Å². The van der Waals surface area contributed by atoms with Crippen molar-refractivity contribution in [2.75, 3.05) is 0 Å². The molecule has 0 saturated heterocycles. The lowest BCUT2D eigenvalue weighted by atomic mass is 10.3. The molecule has 0 aromatic carbocycles. The number of aliphatic hydroxyl groups excluding tert-OH is 1. The molecule has 1 atom stereocenters. The molecular weight excluding hydrogens is 90.1 g/mol. The largest absolute Gasteiger partial charge is 0.388 e. The Morgan fingerprint density at radius 1 is 2.00 bits per heavy atom. The molecule has 0 fully saturated rings. The van der Waals surface area contributed by atoms with Crippen LogP contribution in [0.5, 0.6) is 0 Å². The average molecular weight is 97.1 g/mol. The normalized spacial score (nSPS) is 12.0. The first-order valence-corrected chi connectivity index (χ1v) is 1.99. The van der Waals surface area contributed by atoms with Gasteiger partial charge in [0.15, 0.2) is 0 Å². The Balaban J connectivity index is 3.21. The van der Waals surface area contributed by atoms with Crippen molar-refractivity contribution in [3.8, 4) is 6.07 Å². The first kappa shape index (κ1) is 6.19. The molecule has 0 unspecified atom stereocenters. The third-order valence-electron chi connectivity index (χ3n) is 0.573. The highest BCUT2D eigenvalue weighted by molar-refractivity contribution is 4.86. The van der Waals surface area contributed by atoms with E-state index in [1.54, 1.807) is 6.07 Å². The predicted octanol–water partition coefficient (Wildman–Crippen LogP) is 0.447. The van der Waals surface area contributed by atoms with Gasteiger partial charge in [-0.25, -0.2) is 0 Å². The van der Waals surface area contributed by atoms with Crippen LogP contribution in [0.1, 0.15) is 6.42 Å². The van der Waals surface area contributed by atoms with Gasteiger partial charge < -0.3 is 5.11 Å². The summed E-state index contributed by atoms with van der Waals surface area (Å²) in [6.45, 7) is 3.28. The molecule has 0 aromatic rings. The summed E-state index contributed by atoms with van der Waals surface area (Å²) in [5.74, 6) is 0. The van der Waals surface area contributed by atoms with Gasteiger partial charge in [-0.05, 0) is 0 Å². The van der Waals surface area contributed by atoms with Crippen LogP contribution in [0.2, 0.25) is 0 Å². The van der Waals surface area contributed by atoms with Crippen molar-refractivity contribution in [3.63, 3.8) is 0 Å². The smallest absolute Gasteiger partial charge is 0.0848 e. The lowest BCUT2D eigenvalue weighted by molar-refractivity contribution is 0.229. The lowest BCUT2D eigenvalue weighted by Gasteiger charge is -1.91. The van der Waals surface area contributed by atoms with Crippen molar-refractivity contribution in [2.24, 2.45) is 0 Å². The van der Waals surface area contributed by atoms with Gasteiger partial charge in [-0.3, -0.25) is 0 Å². The van der Waals surface area contributed by atoms with Crippen LogP contribution < -0.4 is 0 Å². The van der Waals surface area contributed by atoms with Gasteiger partial charge in [-0.2, -0.15) is 5.26 Å². The fourth-order valence-corrected chi connectivity index (χ4v) is 0.177. The van der Waals surface area contributed by atoms with Gasteiger partial charge in [-0.15, -0.1) is 6.58 Å². The summed E-state index contributed by atoms with van der Waals surface area (Å²) in [5.41, 5.74) is 0. The minimum absolute atomic E-state index is 0.142. The minimum Gasteiger partial charge on any atom is -0.388 e. The second-order valence-electron chi connectivity index (χ2n) is 1.17. The Morgan fingerprint density at radius 3 is 2.71 bits per heavy atom. The zero-order chi connectivity index (χ0) is 5.70. The van der Waals surface area contributed by atoms with E-state index < -0.39 is 6.10 Å². The summed E-state index contributed by atoms with van der Waals surface area (Å²) in [6.07, 6.45) is 0.831. The van der Waals surface area contributed by atoms with E-state index in [9.17, 15) is 0 Å². The molecule has 0 aliphatic heterocycles. The number of hydrogen-bond donors (Lipinski definition) is 1. The van der Waals surface area contributed by atoms with E-state index in [1.165, 1.54) is 6.08 Å². The summed E-state index contributed by atoms with van der Waals surface area (Å²) in [7, 11) is 0. The quantitative estimate of drug-likeness (QED) is 0.508. The Kier molecular flexibility index (Phi) is 2.99. The van der Waals surface area contributed by atoms with Gasteiger partial charge in [0.2, 0.25) is 0 Å². The van der Waals surface area contributed by atoms with E-state index in [-0.39, 0.29) is 6.42 Å². The van der Waals surface area contributed by atoms with E-state index in [0.717, 1.165) is 0 Å². The van der Waals surface area contributed by atoms with Crippen LogP contribution in [0.4, 0.5) is 0 Å². The van der Waals surface area contributed by atoms with Crippen molar-refractivity contribution in [1.82, 2.24) is 0 Å². The highest BCUT2D eigenvalue weighted by atomic mass is 16.3. The number of aliphatic hydroxyl groups is 1. The van der Waals surface area contributed by atoms with Crippen LogP contribution in [0.3, 0.4) is 0 Å². The molecular formula is C5H7NO. The summed E-state index contributed by atoms with van der Waals surface area (Å²) in [6, 6.07) is 1.80. The van der Waals surface area contributed by atoms with Crippen LogP contribution >= 0.6 is 0 Å². The zero-order valence-corrected chi connectivity index (χ0v) is 3.96. The molecule has 2 heteroatoms. The molecule has 0 rings (SSSR count). The van der Waals surface area contributed by atoms with Crippen molar-refractivity contribution in [1.29, 1.82) is 5.26 Å². The molecule has 0 heterocycles. The summed E-state index contributed by atoms with van der Waals surface area (Å²) in [4.78, 5) is 0. The van der Waals surface area contributed by atoms with Gasteiger partial charge in [0.25, 0.3) is 0 Å². The van der Waals surface area contributed by atoms with Gasteiger partial charge in [0.05, 0.1) is 18.6 Å². The van der Waals surface area contributed by atoms with E-state index in [2.05, 4.69) is 6.58 Å². The van der Waals surface area contributed by atoms with E-state index in [4.69, 9.17) is 10.4 Å². The monoisotopic (exact) mass is 97.1 g/mol. The lowest BCUT2D eigenvalue weighted by Crippen LogP contribution is -1.97. The number of hydrogen-bond acceptors (Lipinski definition) is 2. The number of nitriles is 1. The molecule has 0 aliphatic rings. The number of nitrogens with zero attached hydrogens (tertiary/aromatic N) is 1. The topological polar surface area (TPSA) is 44.0 Å². The highest BCUT2D eigenvalue weighted by Crippen LogP contribution is 1.86. The summed E-state index contributed by atoms with van der Waals surface area (Å²) in [5, 5.41) is 16.4. The van der Waals surface area contributed by atoms with Crippen molar-refractivity contribution >= 4 is 0 Å². The van der Waals surface area contributed by atoms with E-state index >= 15 is 0 Å². The fraction of sp³-hybridized carbons (Fsp3) is 0.400. The third kappa shape index (κ3) is 3.01. The molecule has 7 heavy (non-hydrogen) atoms. The van der Waals surface area contributed by atoms with E-state index in [0.29, 0.717) is 0 Å². The first-order chi connectivity index (χ1) is 3.31. The average Bonchev–Trinajstić information content (AvgIpc) is 1.68. The van der Waals surface area contributed by atoms with Crippen LogP contribution in [0, 0.1) is 11.3 Å². The van der Waals surface area contributed by atoms with Crippen LogP contribution in [0.25, 0.3) is 0 Å². The fourth-order valence-electron chi connectivity index (χ4n) is 0.177. The zero-order valence-electron chi connectivity index (χ0n) is 3.96. The summed E-state index contributed by atoms with van der Waals surface area (Å²) < 4.78 is 0. The van der Waals surface area contributed by atoms with E-state index in [1.807, 2.05) is 0 Å². The second kappa shape index (κ2) is 3.38. The molecule has 0 aliphatic carbocycles. The van der Waals surface area contributed by atoms with Gasteiger partial charge in [0, 0.05) is 0 Å². The minimum atomic E-state index is -0.648. The molecule has 2 nitrogen and oxygen atoms in total. The molecule has 0 spiro atoms. The molecule has 0 amide bonds. The standard InChI is InChI=1S/C5H7NO/c1-2-5(7)3-4-6/h2,5,7H,1,3H2/t5-/m1/s1. The van der Waals surface area contributed by atoms with Crippen molar-refractivity contribution < 1.29 is 5.11 Å². The van der Waals surface area contributed by atoms with Gasteiger partial charge in [-0.1, -0.05) is 6.08 Å². The highest BCUT2D eigenvalue weighted by Gasteiger charge is 1.91. The second-order valence-corrected chi connectivity index (χ2v) is 1.17.